The van der Waals surface area contributed by atoms with Gasteiger partial charge in [0.25, 0.3) is 5.91 Å². The van der Waals surface area contributed by atoms with Gasteiger partial charge in [-0.25, -0.2) is 0 Å². The van der Waals surface area contributed by atoms with Gasteiger partial charge in [-0.15, -0.1) is 0 Å². The minimum atomic E-state index is -0.376. The molecule has 1 aliphatic rings. The van der Waals surface area contributed by atoms with E-state index in [0.717, 1.165) is 27.8 Å². The van der Waals surface area contributed by atoms with Crippen LogP contribution in [0.5, 0.6) is 17.2 Å². The van der Waals surface area contributed by atoms with Gasteiger partial charge in [0.05, 0.1) is 13.2 Å². The number of nitrogens with one attached hydrogen (secondary N) is 1. The molecule has 0 bridgehead atoms. The highest BCUT2D eigenvalue weighted by Gasteiger charge is 2.34. The molecule has 0 radical (unpaired) electrons. The molecular formula is C24H25NO4. The second-order valence-electron chi connectivity index (χ2n) is 7.89. The fourth-order valence-electron chi connectivity index (χ4n) is 3.73. The SMILES string of the molecule is COc1ccc2c(c1)[C@@H](NC(=O)COc1ccc3ccccc3c1)CC(C)(C)O2. The molecule has 0 saturated carbocycles. The Morgan fingerprint density at radius 1 is 1.07 bits per heavy atom. The highest BCUT2D eigenvalue weighted by Crippen LogP contribution is 2.41. The second-order valence-corrected chi connectivity index (χ2v) is 7.89. The molecule has 5 heteroatoms. The summed E-state index contributed by atoms with van der Waals surface area (Å²) in [4.78, 5) is 12.6. The van der Waals surface area contributed by atoms with Crippen molar-refractivity contribution in [3.05, 3.63) is 66.2 Å². The van der Waals surface area contributed by atoms with Crippen LogP contribution in [-0.2, 0) is 4.79 Å². The Kier molecular flexibility index (Phi) is 5.05. The highest BCUT2D eigenvalue weighted by atomic mass is 16.5. The lowest BCUT2D eigenvalue weighted by Crippen LogP contribution is -2.42. The maximum absolute atomic E-state index is 12.6. The van der Waals surface area contributed by atoms with E-state index in [9.17, 15) is 4.79 Å². The van der Waals surface area contributed by atoms with Crippen LogP contribution in [0, 0.1) is 0 Å². The summed E-state index contributed by atoms with van der Waals surface area (Å²) in [6.45, 7) is 3.99. The van der Waals surface area contributed by atoms with E-state index in [0.29, 0.717) is 12.2 Å². The average molecular weight is 391 g/mol. The molecule has 0 fully saturated rings. The summed E-state index contributed by atoms with van der Waals surface area (Å²) >= 11 is 0. The molecule has 1 aliphatic heterocycles. The smallest absolute Gasteiger partial charge is 0.258 e. The van der Waals surface area contributed by atoms with Gasteiger partial charge in [-0.1, -0.05) is 30.3 Å². The minimum absolute atomic E-state index is 0.0462. The summed E-state index contributed by atoms with van der Waals surface area (Å²) in [7, 11) is 1.63. The highest BCUT2D eigenvalue weighted by molar-refractivity contribution is 5.84. The van der Waals surface area contributed by atoms with Crippen LogP contribution in [0.15, 0.2) is 60.7 Å². The Balaban J connectivity index is 1.46. The number of rotatable bonds is 5. The van der Waals surface area contributed by atoms with Gasteiger partial charge in [-0.2, -0.15) is 0 Å². The van der Waals surface area contributed by atoms with Crippen LogP contribution in [-0.4, -0.2) is 25.2 Å². The van der Waals surface area contributed by atoms with Crippen LogP contribution >= 0.6 is 0 Å². The van der Waals surface area contributed by atoms with Crippen molar-refractivity contribution in [2.75, 3.05) is 13.7 Å². The quantitative estimate of drug-likeness (QED) is 0.688. The molecule has 0 unspecified atom stereocenters. The molecule has 0 aliphatic carbocycles. The average Bonchev–Trinajstić information content (AvgIpc) is 2.71. The molecule has 3 aromatic rings. The van der Waals surface area contributed by atoms with E-state index in [4.69, 9.17) is 14.2 Å². The van der Waals surface area contributed by atoms with Gasteiger partial charge >= 0.3 is 0 Å². The zero-order valence-corrected chi connectivity index (χ0v) is 16.9. The van der Waals surface area contributed by atoms with E-state index >= 15 is 0 Å². The predicted molar refractivity (Wildman–Crippen MR) is 113 cm³/mol. The topological polar surface area (TPSA) is 56.8 Å². The zero-order chi connectivity index (χ0) is 20.4. The fourth-order valence-corrected chi connectivity index (χ4v) is 3.73. The summed E-state index contributed by atoms with van der Waals surface area (Å²) < 4.78 is 17.1. The van der Waals surface area contributed by atoms with Crippen LogP contribution in [0.3, 0.4) is 0 Å². The van der Waals surface area contributed by atoms with Crippen molar-refractivity contribution in [1.82, 2.24) is 5.32 Å². The number of ether oxygens (including phenoxy) is 3. The number of methoxy groups -OCH3 is 1. The molecule has 4 rings (SSSR count). The van der Waals surface area contributed by atoms with Gasteiger partial charge in [0, 0.05) is 12.0 Å². The first-order valence-electron chi connectivity index (χ1n) is 9.71. The monoisotopic (exact) mass is 391 g/mol. The van der Waals surface area contributed by atoms with Crippen LogP contribution in [0.4, 0.5) is 0 Å². The molecule has 0 saturated heterocycles. The molecule has 150 valence electrons. The van der Waals surface area contributed by atoms with E-state index in [1.807, 2.05) is 74.5 Å². The predicted octanol–water partition coefficient (Wildman–Crippen LogP) is 4.65. The molecule has 1 heterocycles. The molecule has 3 aromatic carbocycles. The fraction of sp³-hybridized carbons (Fsp3) is 0.292. The number of benzene rings is 3. The Labute approximate surface area is 170 Å². The van der Waals surface area contributed by atoms with Gasteiger partial charge in [-0.05, 0) is 55.0 Å². The van der Waals surface area contributed by atoms with Crippen molar-refractivity contribution in [3.63, 3.8) is 0 Å². The summed E-state index contributed by atoms with van der Waals surface area (Å²) in [6, 6.07) is 19.4. The van der Waals surface area contributed by atoms with Gasteiger partial charge < -0.3 is 19.5 Å². The Hall–Kier alpha value is -3.21. The van der Waals surface area contributed by atoms with E-state index < -0.39 is 0 Å². The Morgan fingerprint density at radius 3 is 2.62 bits per heavy atom. The Morgan fingerprint density at radius 2 is 1.83 bits per heavy atom. The molecule has 0 spiro atoms. The van der Waals surface area contributed by atoms with E-state index in [2.05, 4.69) is 5.32 Å². The van der Waals surface area contributed by atoms with E-state index in [1.54, 1.807) is 7.11 Å². The summed E-state index contributed by atoms with van der Waals surface area (Å²) in [5.74, 6) is 2.00. The first-order chi connectivity index (χ1) is 13.9. The van der Waals surface area contributed by atoms with Crippen molar-refractivity contribution in [2.45, 2.75) is 31.9 Å². The van der Waals surface area contributed by atoms with Crippen molar-refractivity contribution in [2.24, 2.45) is 0 Å². The molecular weight excluding hydrogens is 366 g/mol. The van der Waals surface area contributed by atoms with Gasteiger partial charge in [0.2, 0.25) is 0 Å². The number of carbonyl (C=O) groups excluding carboxylic acids is 1. The molecule has 29 heavy (non-hydrogen) atoms. The lowest BCUT2D eigenvalue weighted by molar-refractivity contribution is -0.124. The van der Waals surface area contributed by atoms with Crippen molar-refractivity contribution >= 4 is 16.7 Å². The molecule has 5 nitrogen and oxygen atoms in total. The Bertz CT molecular complexity index is 1040. The third kappa shape index (κ3) is 4.29. The van der Waals surface area contributed by atoms with E-state index in [1.165, 1.54) is 0 Å². The van der Waals surface area contributed by atoms with Crippen LogP contribution in [0.25, 0.3) is 10.8 Å². The standard InChI is InChI=1S/C24H25NO4/c1-24(2)14-21(20-13-18(27-3)10-11-22(20)29-24)25-23(26)15-28-19-9-8-16-6-4-5-7-17(16)12-19/h4-13,21H,14-15H2,1-3H3,(H,25,26)/t21-/m0/s1. The summed E-state index contributed by atoms with van der Waals surface area (Å²) in [6.07, 6.45) is 0.662. The van der Waals surface area contributed by atoms with Crippen LogP contribution < -0.4 is 19.5 Å². The van der Waals surface area contributed by atoms with E-state index in [-0.39, 0.29) is 24.2 Å². The molecule has 1 N–H and O–H groups in total. The molecule has 0 aromatic heterocycles. The lowest BCUT2D eigenvalue weighted by atomic mass is 9.89. The first kappa shape index (κ1) is 19.1. The number of fused-ring (bicyclic) bond motifs is 2. The van der Waals surface area contributed by atoms with Crippen LogP contribution in [0.2, 0.25) is 0 Å². The third-order valence-corrected chi connectivity index (χ3v) is 5.10. The van der Waals surface area contributed by atoms with Gasteiger partial charge in [0.1, 0.15) is 22.8 Å². The number of amides is 1. The van der Waals surface area contributed by atoms with Crippen molar-refractivity contribution in [3.8, 4) is 17.2 Å². The maximum atomic E-state index is 12.6. The van der Waals surface area contributed by atoms with Crippen molar-refractivity contribution < 1.29 is 19.0 Å². The zero-order valence-electron chi connectivity index (χ0n) is 16.9. The maximum Gasteiger partial charge on any atom is 0.258 e. The van der Waals surface area contributed by atoms with Crippen molar-refractivity contribution in [1.29, 1.82) is 0 Å². The summed E-state index contributed by atoms with van der Waals surface area (Å²) in [5.41, 5.74) is 0.543. The number of hydrogen-bond acceptors (Lipinski definition) is 4. The molecule has 1 amide bonds. The van der Waals surface area contributed by atoms with Gasteiger partial charge in [-0.3, -0.25) is 4.79 Å². The first-order valence-corrected chi connectivity index (χ1v) is 9.71. The number of carbonyl (C=O) groups is 1. The summed E-state index contributed by atoms with van der Waals surface area (Å²) in [5, 5.41) is 5.31. The molecule has 1 atom stereocenters. The largest absolute Gasteiger partial charge is 0.497 e. The number of hydrogen-bond donors (Lipinski definition) is 1. The van der Waals surface area contributed by atoms with Crippen LogP contribution in [0.1, 0.15) is 31.9 Å². The normalized spacial score (nSPS) is 17.1. The minimum Gasteiger partial charge on any atom is -0.497 e. The lowest BCUT2D eigenvalue weighted by Gasteiger charge is -2.38. The van der Waals surface area contributed by atoms with Gasteiger partial charge in [0.15, 0.2) is 6.61 Å². The third-order valence-electron chi connectivity index (χ3n) is 5.10. The second kappa shape index (κ2) is 7.66.